The van der Waals surface area contributed by atoms with Crippen molar-refractivity contribution in [3.05, 3.63) is 72.0 Å². The average molecular weight is 365 g/mol. The van der Waals surface area contributed by atoms with Crippen molar-refractivity contribution in [2.75, 3.05) is 0 Å². The first-order valence-electron chi connectivity index (χ1n) is 8.44. The fourth-order valence-corrected chi connectivity index (χ4v) is 2.83. The summed E-state index contributed by atoms with van der Waals surface area (Å²) < 4.78 is 24.0. The van der Waals surface area contributed by atoms with E-state index in [9.17, 15) is 9.18 Å². The molecule has 27 heavy (non-hydrogen) atoms. The third kappa shape index (κ3) is 3.57. The van der Waals surface area contributed by atoms with Gasteiger partial charge in [-0.3, -0.25) is 4.79 Å². The van der Waals surface area contributed by atoms with Crippen LogP contribution in [0.1, 0.15) is 24.5 Å². The molecule has 0 saturated carbocycles. The lowest BCUT2D eigenvalue weighted by molar-refractivity contribution is -0.148. The molecule has 136 valence electrons. The summed E-state index contributed by atoms with van der Waals surface area (Å²) in [6.45, 7) is 1.66. The Balaban J connectivity index is 1.43. The summed E-state index contributed by atoms with van der Waals surface area (Å²) in [5.41, 5.74) is 2.42. The number of ether oxygens (including phenoxy) is 1. The van der Waals surface area contributed by atoms with Gasteiger partial charge in [0.2, 0.25) is 5.89 Å². The highest BCUT2D eigenvalue weighted by atomic mass is 19.1. The SMILES string of the molecule is C[C@@H](OC(=O)Cc1c[nH]c2ccccc12)c1nnc(-c2ccc(F)cc2)o1. The summed E-state index contributed by atoms with van der Waals surface area (Å²) in [7, 11) is 0. The van der Waals surface area contributed by atoms with Crippen molar-refractivity contribution in [2.24, 2.45) is 0 Å². The zero-order valence-corrected chi connectivity index (χ0v) is 14.5. The standard InChI is InChI=1S/C20H16FN3O3/c1-12(19-23-24-20(27-19)13-6-8-15(21)9-7-13)26-18(25)10-14-11-22-17-5-3-2-4-16(14)17/h2-9,11-12,22H,10H2,1H3/t12-/m1/s1. The molecular weight excluding hydrogens is 349 g/mol. The molecule has 0 aliphatic rings. The van der Waals surface area contributed by atoms with Crippen LogP contribution in [0.15, 0.2) is 59.1 Å². The fourth-order valence-electron chi connectivity index (χ4n) is 2.83. The van der Waals surface area contributed by atoms with Crippen molar-refractivity contribution in [1.29, 1.82) is 0 Å². The molecule has 2 aromatic heterocycles. The molecule has 0 spiro atoms. The molecule has 0 bridgehead atoms. The molecule has 0 radical (unpaired) electrons. The molecule has 6 nitrogen and oxygen atoms in total. The molecule has 0 aliphatic heterocycles. The van der Waals surface area contributed by atoms with Crippen LogP contribution in [0.25, 0.3) is 22.4 Å². The maximum absolute atomic E-state index is 13.0. The number of para-hydroxylation sites is 1. The van der Waals surface area contributed by atoms with Gasteiger partial charge in [0.25, 0.3) is 5.89 Å². The van der Waals surface area contributed by atoms with Crippen molar-refractivity contribution in [2.45, 2.75) is 19.4 Å². The maximum Gasteiger partial charge on any atom is 0.311 e. The van der Waals surface area contributed by atoms with Crippen LogP contribution in [0, 0.1) is 5.82 Å². The maximum atomic E-state index is 13.0. The summed E-state index contributed by atoms with van der Waals surface area (Å²) in [6, 6.07) is 13.4. The fraction of sp³-hybridized carbons (Fsp3) is 0.150. The number of aromatic amines is 1. The Morgan fingerprint density at radius 3 is 2.78 bits per heavy atom. The molecular formula is C20H16FN3O3. The van der Waals surface area contributed by atoms with E-state index in [1.165, 1.54) is 12.1 Å². The number of H-pyrrole nitrogens is 1. The Bertz CT molecular complexity index is 1090. The second kappa shape index (κ2) is 7.03. The summed E-state index contributed by atoms with van der Waals surface area (Å²) in [4.78, 5) is 15.4. The summed E-state index contributed by atoms with van der Waals surface area (Å²) >= 11 is 0. The third-order valence-electron chi connectivity index (χ3n) is 4.20. The number of fused-ring (bicyclic) bond motifs is 1. The number of hydrogen-bond donors (Lipinski definition) is 1. The van der Waals surface area contributed by atoms with E-state index in [1.54, 1.807) is 25.3 Å². The molecule has 0 aliphatic carbocycles. The molecule has 1 atom stereocenters. The van der Waals surface area contributed by atoms with E-state index in [1.807, 2.05) is 24.3 Å². The van der Waals surface area contributed by atoms with Crippen LogP contribution in [-0.4, -0.2) is 21.2 Å². The van der Waals surface area contributed by atoms with Crippen molar-refractivity contribution >= 4 is 16.9 Å². The van der Waals surface area contributed by atoms with Crippen LogP contribution in [0.2, 0.25) is 0 Å². The van der Waals surface area contributed by atoms with Crippen molar-refractivity contribution < 1.29 is 18.3 Å². The van der Waals surface area contributed by atoms with Gasteiger partial charge >= 0.3 is 5.97 Å². The third-order valence-corrected chi connectivity index (χ3v) is 4.20. The lowest BCUT2D eigenvalue weighted by Crippen LogP contribution is -2.11. The van der Waals surface area contributed by atoms with Gasteiger partial charge in [-0.05, 0) is 42.8 Å². The van der Waals surface area contributed by atoms with Gasteiger partial charge in [0.1, 0.15) is 5.82 Å². The topological polar surface area (TPSA) is 81.0 Å². The van der Waals surface area contributed by atoms with Gasteiger partial charge in [-0.25, -0.2) is 4.39 Å². The van der Waals surface area contributed by atoms with E-state index in [0.29, 0.717) is 5.56 Å². The Morgan fingerprint density at radius 2 is 1.96 bits per heavy atom. The first-order valence-corrected chi connectivity index (χ1v) is 8.44. The van der Waals surface area contributed by atoms with Crippen molar-refractivity contribution in [3.63, 3.8) is 0 Å². The predicted octanol–water partition coefficient (Wildman–Crippen LogP) is 4.20. The van der Waals surface area contributed by atoms with Crippen LogP contribution in [-0.2, 0) is 16.0 Å². The van der Waals surface area contributed by atoms with Crippen LogP contribution >= 0.6 is 0 Å². The lowest BCUT2D eigenvalue weighted by atomic mass is 10.1. The molecule has 4 aromatic rings. The van der Waals surface area contributed by atoms with E-state index < -0.39 is 12.1 Å². The molecule has 7 heteroatoms. The Labute approximate surface area is 154 Å². The van der Waals surface area contributed by atoms with Gasteiger partial charge in [-0.2, -0.15) is 0 Å². The van der Waals surface area contributed by atoms with Crippen LogP contribution in [0.3, 0.4) is 0 Å². The van der Waals surface area contributed by atoms with Crippen LogP contribution in [0.4, 0.5) is 4.39 Å². The summed E-state index contributed by atoms with van der Waals surface area (Å²) in [5, 5.41) is 8.83. The smallest absolute Gasteiger partial charge is 0.311 e. The van der Waals surface area contributed by atoms with Crippen molar-refractivity contribution in [1.82, 2.24) is 15.2 Å². The van der Waals surface area contributed by atoms with E-state index in [4.69, 9.17) is 9.15 Å². The number of nitrogens with one attached hydrogen (secondary N) is 1. The van der Waals surface area contributed by atoms with Gasteiger partial charge in [-0.1, -0.05) is 18.2 Å². The molecule has 4 rings (SSSR count). The Kier molecular flexibility index (Phi) is 4.42. The van der Waals surface area contributed by atoms with Gasteiger partial charge in [0.15, 0.2) is 6.10 Å². The number of nitrogens with zero attached hydrogens (tertiary/aromatic N) is 2. The van der Waals surface area contributed by atoms with Crippen molar-refractivity contribution in [3.8, 4) is 11.5 Å². The zero-order valence-electron chi connectivity index (χ0n) is 14.5. The van der Waals surface area contributed by atoms with Gasteiger partial charge in [0.05, 0.1) is 6.42 Å². The second-order valence-electron chi connectivity index (χ2n) is 6.12. The number of carbonyl (C=O) groups is 1. The first-order chi connectivity index (χ1) is 13.1. The number of halogens is 1. The monoisotopic (exact) mass is 365 g/mol. The number of hydrogen-bond acceptors (Lipinski definition) is 5. The minimum absolute atomic E-state index is 0.132. The van der Waals surface area contributed by atoms with E-state index in [2.05, 4.69) is 15.2 Å². The molecule has 0 amide bonds. The van der Waals surface area contributed by atoms with E-state index in [0.717, 1.165) is 16.5 Å². The second-order valence-corrected chi connectivity index (χ2v) is 6.12. The van der Waals surface area contributed by atoms with Crippen LogP contribution < -0.4 is 0 Å². The van der Waals surface area contributed by atoms with Gasteiger partial charge in [0, 0.05) is 22.7 Å². The summed E-state index contributed by atoms with van der Waals surface area (Å²) in [6.07, 6.45) is 1.24. The quantitative estimate of drug-likeness (QED) is 0.536. The summed E-state index contributed by atoms with van der Waals surface area (Å²) in [5.74, 6) is -0.321. The molecule has 0 fully saturated rings. The minimum atomic E-state index is -0.690. The van der Waals surface area contributed by atoms with E-state index >= 15 is 0 Å². The first kappa shape index (κ1) is 17.0. The van der Waals surface area contributed by atoms with E-state index in [-0.39, 0.29) is 24.0 Å². The number of esters is 1. The molecule has 0 unspecified atom stereocenters. The highest BCUT2D eigenvalue weighted by Gasteiger charge is 2.20. The van der Waals surface area contributed by atoms with Crippen LogP contribution in [0.5, 0.6) is 0 Å². The predicted molar refractivity (Wildman–Crippen MR) is 96.2 cm³/mol. The zero-order chi connectivity index (χ0) is 18.8. The van der Waals surface area contributed by atoms with Gasteiger partial charge in [-0.15, -0.1) is 10.2 Å². The number of benzene rings is 2. The lowest BCUT2D eigenvalue weighted by Gasteiger charge is -2.09. The normalized spacial score (nSPS) is 12.2. The molecule has 0 saturated heterocycles. The number of rotatable bonds is 5. The highest BCUT2D eigenvalue weighted by molar-refractivity contribution is 5.87. The highest BCUT2D eigenvalue weighted by Crippen LogP contribution is 2.24. The largest absolute Gasteiger partial charge is 0.452 e. The Hall–Kier alpha value is -3.48. The molecule has 1 N–H and O–H groups in total. The molecule has 2 aromatic carbocycles. The number of aromatic nitrogens is 3. The Morgan fingerprint density at radius 1 is 1.19 bits per heavy atom. The molecule has 2 heterocycles. The minimum Gasteiger partial charge on any atom is -0.452 e. The number of carbonyl (C=O) groups excluding carboxylic acids is 1. The van der Waals surface area contributed by atoms with Gasteiger partial charge < -0.3 is 14.1 Å². The average Bonchev–Trinajstić information content (AvgIpc) is 3.30.